The summed E-state index contributed by atoms with van der Waals surface area (Å²) in [5.41, 5.74) is 1.81. The molecule has 0 amide bonds. The Morgan fingerprint density at radius 1 is 1.16 bits per heavy atom. The van der Waals surface area contributed by atoms with Crippen molar-refractivity contribution >= 4 is 5.97 Å². The Labute approximate surface area is 149 Å². The van der Waals surface area contributed by atoms with Gasteiger partial charge in [-0.05, 0) is 55.8 Å². The number of aromatic nitrogens is 1. The molecule has 2 aromatic rings. The fraction of sp³-hybridized carbons (Fsp3) is 0.429. The molecule has 3 rings (SSSR count). The summed E-state index contributed by atoms with van der Waals surface area (Å²) in [5, 5.41) is 9.93. The lowest BCUT2D eigenvalue weighted by molar-refractivity contribution is -0.153. The molecular weight excluding hydrogens is 312 g/mol. The van der Waals surface area contributed by atoms with Gasteiger partial charge >= 0.3 is 5.97 Å². The van der Waals surface area contributed by atoms with E-state index in [1.165, 1.54) is 5.56 Å². The average Bonchev–Trinajstić information content (AvgIpc) is 2.64. The van der Waals surface area contributed by atoms with Gasteiger partial charge in [-0.2, -0.15) is 0 Å². The lowest BCUT2D eigenvalue weighted by Gasteiger charge is -2.40. The standard InChI is InChI=1S/C21H26N2O2/c24-20(25)21(11-4-9-18-7-2-1-3-8-18)12-6-14-23(17-21)16-19-10-5-13-22-15-19/h1-3,5,7-8,10,13,15H,4,6,9,11-12,14,16-17H2,(H,24,25). The van der Waals surface area contributed by atoms with Gasteiger partial charge in [0.05, 0.1) is 5.41 Å². The lowest BCUT2D eigenvalue weighted by atomic mass is 9.75. The minimum absolute atomic E-state index is 0.616. The number of pyridine rings is 1. The molecule has 1 atom stereocenters. The summed E-state index contributed by atoms with van der Waals surface area (Å²) in [5.74, 6) is -0.642. The van der Waals surface area contributed by atoms with Crippen molar-refractivity contribution in [1.82, 2.24) is 9.88 Å². The van der Waals surface area contributed by atoms with Crippen molar-refractivity contribution in [2.24, 2.45) is 5.41 Å². The lowest BCUT2D eigenvalue weighted by Crippen LogP contribution is -2.47. The van der Waals surface area contributed by atoms with Crippen molar-refractivity contribution in [2.45, 2.75) is 38.6 Å². The SMILES string of the molecule is O=C(O)C1(CCCc2ccccc2)CCCN(Cc2cccnc2)C1. The molecule has 4 heteroatoms. The van der Waals surface area contributed by atoms with Crippen LogP contribution < -0.4 is 0 Å². The van der Waals surface area contributed by atoms with E-state index in [0.29, 0.717) is 6.54 Å². The fourth-order valence-electron chi connectivity index (χ4n) is 3.87. The maximum absolute atomic E-state index is 12.1. The van der Waals surface area contributed by atoms with Crippen LogP contribution in [0.1, 0.15) is 36.8 Å². The van der Waals surface area contributed by atoms with Crippen LogP contribution in [-0.4, -0.2) is 34.0 Å². The molecule has 0 saturated carbocycles. The molecule has 25 heavy (non-hydrogen) atoms. The van der Waals surface area contributed by atoms with Crippen LogP contribution in [0.3, 0.4) is 0 Å². The Bertz CT molecular complexity index is 675. The number of likely N-dealkylation sites (tertiary alicyclic amines) is 1. The van der Waals surface area contributed by atoms with Crippen LogP contribution in [0, 0.1) is 5.41 Å². The summed E-state index contributed by atoms with van der Waals surface area (Å²) in [6, 6.07) is 14.3. The molecule has 0 spiro atoms. The molecule has 1 unspecified atom stereocenters. The second kappa shape index (κ2) is 8.26. The number of hydrogen-bond acceptors (Lipinski definition) is 3. The second-order valence-electron chi connectivity index (χ2n) is 7.10. The second-order valence-corrected chi connectivity index (χ2v) is 7.10. The highest BCUT2D eigenvalue weighted by atomic mass is 16.4. The van der Waals surface area contributed by atoms with Crippen LogP contribution in [0.15, 0.2) is 54.9 Å². The molecule has 1 aliphatic rings. The number of carboxylic acid groups (broad SMARTS) is 1. The molecule has 132 valence electrons. The van der Waals surface area contributed by atoms with Crippen molar-refractivity contribution in [3.8, 4) is 0 Å². The highest BCUT2D eigenvalue weighted by Gasteiger charge is 2.41. The molecule has 0 bridgehead atoms. The molecule has 0 aliphatic carbocycles. The molecule has 1 fully saturated rings. The monoisotopic (exact) mass is 338 g/mol. The van der Waals surface area contributed by atoms with Gasteiger partial charge in [-0.15, -0.1) is 0 Å². The van der Waals surface area contributed by atoms with Gasteiger partial charge in [-0.25, -0.2) is 0 Å². The number of rotatable bonds is 7. The number of carbonyl (C=O) groups is 1. The van der Waals surface area contributed by atoms with E-state index in [-0.39, 0.29) is 0 Å². The van der Waals surface area contributed by atoms with Gasteiger partial charge < -0.3 is 5.11 Å². The van der Waals surface area contributed by atoms with Gasteiger partial charge in [0.25, 0.3) is 0 Å². The number of hydrogen-bond donors (Lipinski definition) is 1. The normalized spacial score (nSPS) is 21.1. The Morgan fingerprint density at radius 3 is 2.68 bits per heavy atom. The summed E-state index contributed by atoms with van der Waals surface area (Å²) in [4.78, 5) is 18.5. The number of aryl methyl sites for hydroxylation is 1. The van der Waals surface area contributed by atoms with E-state index >= 15 is 0 Å². The first kappa shape index (κ1) is 17.6. The number of carboxylic acids is 1. The van der Waals surface area contributed by atoms with Gasteiger partial charge in [0, 0.05) is 25.5 Å². The van der Waals surface area contributed by atoms with E-state index < -0.39 is 11.4 Å². The van der Waals surface area contributed by atoms with E-state index in [0.717, 1.165) is 50.8 Å². The van der Waals surface area contributed by atoms with Crippen LogP contribution in [0.25, 0.3) is 0 Å². The minimum atomic E-state index is -0.642. The van der Waals surface area contributed by atoms with Crippen molar-refractivity contribution in [3.05, 3.63) is 66.0 Å². The predicted octanol–water partition coefficient (Wildman–Crippen LogP) is 3.77. The molecule has 4 nitrogen and oxygen atoms in total. The summed E-state index contributed by atoms with van der Waals surface area (Å²) < 4.78 is 0. The van der Waals surface area contributed by atoms with Gasteiger partial charge in [0.15, 0.2) is 0 Å². The average molecular weight is 338 g/mol. The maximum atomic E-state index is 12.1. The van der Waals surface area contributed by atoms with E-state index in [1.54, 1.807) is 6.20 Å². The first-order valence-electron chi connectivity index (χ1n) is 9.07. The largest absolute Gasteiger partial charge is 0.481 e. The molecule has 1 aromatic carbocycles. The summed E-state index contributed by atoms with van der Waals surface area (Å²) in [6.07, 6.45) is 7.95. The van der Waals surface area contributed by atoms with Crippen LogP contribution in [-0.2, 0) is 17.8 Å². The first-order chi connectivity index (χ1) is 12.2. The Hall–Kier alpha value is -2.20. The number of nitrogens with zero attached hydrogens (tertiary/aromatic N) is 2. The van der Waals surface area contributed by atoms with Crippen molar-refractivity contribution in [1.29, 1.82) is 0 Å². The molecular formula is C21H26N2O2. The molecule has 0 radical (unpaired) electrons. The van der Waals surface area contributed by atoms with E-state index in [2.05, 4.69) is 28.1 Å². The van der Waals surface area contributed by atoms with Crippen molar-refractivity contribution in [2.75, 3.05) is 13.1 Å². The third-order valence-electron chi connectivity index (χ3n) is 5.20. The van der Waals surface area contributed by atoms with Crippen LogP contribution in [0.2, 0.25) is 0 Å². The Morgan fingerprint density at radius 2 is 1.96 bits per heavy atom. The minimum Gasteiger partial charge on any atom is -0.481 e. The van der Waals surface area contributed by atoms with Gasteiger partial charge in [-0.3, -0.25) is 14.7 Å². The van der Waals surface area contributed by atoms with E-state index in [4.69, 9.17) is 0 Å². The Balaban J connectivity index is 1.61. The third kappa shape index (κ3) is 4.67. The highest BCUT2D eigenvalue weighted by molar-refractivity contribution is 5.75. The molecule has 1 aromatic heterocycles. The fourth-order valence-corrected chi connectivity index (χ4v) is 3.87. The number of aliphatic carboxylic acids is 1. The van der Waals surface area contributed by atoms with E-state index in [9.17, 15) is 9.90 Å². The Kier molecular flexibility index (Phi) is 5.82. The third-order valence-corrected chi connectivity index (χ3v) is 5.20. The summed E-state index contributed by atoms with van der Waals surface area (Å²) in [6.45, 7) is 2.37. The summed E-state index contributed by atoms with van der Waals surface area (Å²) >= 11 is 0. The first-order valence-corrected chi connectivity index (χ1v) is 9.07. The van der Waals surface area contributed by atoms with Gasteiger partial charge in [0.2, 0.25) is 0 Å². The zero-order chi connectivity index (χ0) is 17.5. The van der Waals surface area contributed by atoms with Gasteiger partial charge in [-0.1, -0.05) is 36.4 Å². The van der Waals surface area contributed by atoms with Crippen LogP contribution in [0.5, 0.6) is 0 Å². The number of benzene rings is 1. The highest BCUT2D eigenvalue weighted by Crippen LogP contribution is 2.36. The quantitative estimate of drug-likeness (QED) is 0.835. The summed E-state index contributed by atoms with van der Waals surface area (Å²) in [7, 11) is 0. The zero-order valence-electron chi connectivity index (χ0n) is 14.6. The van der Waals surface area contributed by atoms with E-state index in [1.807, 2.05) is 30.5 Å². The van der Waals surface area contributed by atoms with Crippen LogP contribution in [0.4, 0.5) is 0 Å². The van der Waals surface area contributed by atoms with Crippen molar-refractivity contribution in [3.63, 3.8) is 0 Å². The number of piperidine rings is 1. The molecule has 1 saturated heterocycles. The zero-order valence-corrected chi connectivity index (χ0v) is 14.6. The predicted molar refractivity (Wildman–Crippen MR) is 98.2 cm³/mol. The molecule has 2 heterocycles. The van der Waals surface area contributed by atoms with Gasteiger partial charge in [0.1, 0.15) is 0 Å². The topological polar surface area (TPSA) is 53.4 Å². The smallest absolute Gasteiger partial charge is 0.310 e. The molecule has 1 N–H and O–H groups in total. The molecule has 1 aliphatic heterocycles. The van der Waals surface area contributed by atoms with Crippen molar-refractivity contribution < 1.29 is 9.90 Å². The van der Waals surface area contributed by atoms with Crippen LogP contribution >= 0.6 is 0 Å². The maximum Gasteiger partial charge on any atom is 0.310 e.